The fourth-order valence-corrected chi connectivity index (χ4v) is 4.36. The molecule has 1 amide bonds. The zero-order chi connectivity index (χ0) is 27.4. The average molecular weight is 518 g/mol. The van der Waals surface area contributed by atoms with Crippen LogP contribution in [0.25, 0.3) is 22.0 Å². The average Bonchev–Trinajstić information content (AvgIpc) is 3.35. The number of nitrogens with one attached hydrogen (secondary N) is 2. The van der Waals surface area contributed by atoms with Crippen LogP contribution in [-0.2, 0) is 0 Å². The molecule has 0 unspecified atom stereocenters. The van der Waals surface area contributed by atoms with Crippen LogP contribution in [0.15, 0.2) is 96.1 Å². The minimum Gasteiger partial charge on any atom is -0.493 e. The fraction of sp³-hybridized carbons (Fsp3) is 0.0938. The van der Waals surface area contributed by atoms with E-state index in [1.807, 2.05) is 74.5 Å². The summed E-state index contributed by atoms with van der Waals surface area (Å²) >= 11 is 0. The molecule has 39 heavy (non-hydrogen) atoms. The number of amides is 1. The number of H-pyrrole nitrogens is 1. The van der Waals surface area contributed by atoms with Crippen molar-refractivity contribution in [2.75, 3.05) is 7.11 Å². The third kappa shape index (κ3) is 5.43. The van der Waals surface area contributed by atoms with E-state index in [9.17, 15) is 9.59 Å². The first-order valence-electron chi connectivity index (χ1n) is 12.4. The van der Waals surface area contributed by atoms with Crippen LogP contribution in [0.4, 0.5) is 0 Å². The summed E-state index contributed by atoms with van der Waals surface area (Å²) in [7, 11) is 1.49. The predicted octanol–water partition coefficient (Wildman–Crippen LogP) is 6.44. The van der Waals surface area contributed by atoms with Gasteiger partial charge in [0.25, 0.3) is 5.91 Å². The molecule has 0 aliphatic rings. The lowest BCUT2D eigenvalue weighted by Crippen LogP contribution is -2.18. The highest BCUT2D eigenvalue weighted by molar-refractivity contribution is 6.10. The normalized spacial score (nSPS) is 11.1. The number of fused-ring (bicyclic) bond motifs is 1. The lowest BCUT2D eigenvalue weighted by molar-refractivity contribution is 0.0729. The molecular formula is C32H27N3O4. The van der Waals surface area contributed by atoms with E-state index in [0.29, 0.717) is 22.6 Å². The van der Waals surface area contributed by atoms with Crippen molar-refractivity contribution < 1.29 is 19.1 Å². The number of aryl methyl sites for hydroxylation is 2. The Labute approximate surface area is 226 Å². The zero-order valence-electron chi connectivity index (χ0n) is 21.8. The van der Waals surface area contributed by atoms with Crippen molar-refractivity contribution in [1.82, 2.24) is 10.4 Å². The van der Waals surface area contributed by atoms with E-state index in [0.717, 1.165) is 33.2 Å². The van der Waals surface area contributed by atoms with Crippen molar-refractivity contribution in [3.05, 3.63) is 119 Å². The Morgan fingerprint density at radius 1 is 0.872 bits per heavy atom. The number of aromatic amines is 1. The topological polar surface area (TPSA) is 92.8 Å². The Hall–Kier alpha value is -5.17. The summed E-state index contributed by atoms with van der Waals surface area (Å²) in [5, 5.41) is 5.13. The van der Waals surface area contributed by atoms with E-state index in [4.69, 9.17) is 9.47 Å². The van der Waals surface area contributed by atoms with Crippen LogP contribution in [0.3, 0.4) is 0 Å². The van der Waals surface area contributed by atoms with Crippen LogP contribution in [0.2, 0.25) is 0 Å². The van der Waals surface area contributed by atoms with Gasteiger partial charge in [0.15, 0.2) is 11.5 Å². The Kier molecular flexibility index (Phi) is 7.23. The van der Waals surface area contributed by atoms with Crippen molar-refractivity contribution in [2.45, 2.75) is 13.8 Å². The van der Waals surface area contributed by atoms with Crippen LogP contribution in [0.5, 0.6) is 11.5 Å². The number of carbonyl (C=O) groups is 2. The van der Waals surface area contributed by atoms with Crippen LogP contribution < -0.4 is 14.9 Å². The van der Waals surface area contributed by atoms with E-state index in [-0.39, 0.29) is 11.7 Å². The van der Waals surface area contributed by atoms with Crippen molar-refractivity contribution >= 4 is 29.0 Å². The minimum absolute atomic E-state index is 0.283. The van der Waals surface area contributed by atoms with E-state index >= 15 is 0 Å². The molecule has 194 valence electrons. The van der Waals surface area contributed by atoms with Gasteiger partial charge in [0.1, 0.15) is 5.69 Å². The molecule has 0 bridgehead atoms. The SMILES string of the molecule is COc1cc(C=NNC(=O)c2[nH]c3c(C)cccc3c2-c2ccccc2)ccc1OC(=O)c1ccc(C)cc1. The molecule has 5 rings (SSSR count). The number of nitrogens with zero attached hydrogens (tertiary/aromatic N) is 1. The molecular weight excluding hydrogens is 490 g/mol. The number of carbonyl (C=O) groups excluding carboxylic acids is 2. The summed E-state index contributed by atoms with van der Waals surface area (Å²) in [5.41, 5.74) is 8.91. The van der Waals surface area contributed by atoms with Gasteiger partial charge in [-0.05, 0) is 60.9 Å². The van der Waals surface area contributed by atoms with Gasteiger partial charge < -0.3 is 14.5 Å². The predicted molar refractivity (Wildman–Crippen MR) is 153 cm³/mol. The molecule has 0 radical (unpaired) electrons. The van der Waals surface area contributed by atoms with Crippen molar-refractivity contribution in [3.63, 3.8) is 0 Å². The number of ether oxygens (including phenoxy) is 2. The maximum atomic E-state index is 13.2. The number of aromatic nitrogens is 1. The highest BCUT2D eigenvalue weighted by Crippen LogP contribution is 2.34. The number of esters is 1. The summed E-state index contributed by atoms with van der Waals surface area (Å²) in [5.74, 6) is -0.200. The molecule has 0 spiro atoms. The van der Waals surface area contributed by atoms with Gasteiger partial charge in [-0.25, -0.2) is 10.2 Å². The van der Waals surface area contributed by atoms with E-state index in [1.165, 1.54) is 13.3 Å². The van der Waals surface area contributed by atoms with Crippen molar-refractivity contribution in [3.8, 4) is 22.6 Å². The second-order valence-electron chi connectivity index (χ2n) is 9.10. The maximum absolute atomic E-state index is 13.2. The summed E-state index contributed by atoms with van der Waals surface area (Å²) in [6.45, 7) is 3.95. The highest BCUT2D eigenvalue weighted by Gasteiger charge is 2.20. The Morgan fingerprint density at radius 3 is 2.38 bits per heavy atom. The van der Waals surface area contributed by atoms with Crippen molar-refractivity contribution in [2.24, 2.45) is 5.10 Å². The first-order valence-corrected chi connectivity index (χ1v) is 12.4. The fourth-order valence-electron chi connectivity index (χ4n) is 4.36. The summed E-state index contributed by atoms with van der Waals surface area (Å²) in [6.07, 6.45) is 1.50. The number of para-hydroxylation sites is 1. The molecule has 0 aliphatic carbocycles. The van der Waals surface area contributed by atoms with Gasteiger partial charge in [-0.2, -0.15) is 5.10 Å². The monoisotopic (exact) mass is 517 g/mol. The third-order valence-electron chi connectivity index (χ3n) is 6.39. The molecule has 0 saturated heterocycles. The molecule has 1 heterocycles. The molecule has 1 aromatic heterocycles. The number of hydrazone groups is 1. The lowest BCUT2D eigenvalue weighted by atomic mass is 10.0. The van der Waals surface area contributed by atoms with E-state index in [2.05, 4.69) is 15.5 Å². The lowest BCUT2D eigenvalue weighted by Gasteiger charge is -2.10. The van der Waals surface area contributed by atoms with Gasteiger partial charge in [0.2, 0.25) is 0 Å². The van der Waals surface area contributed by atoms with Gasteiger partial charge in [-0.15, -0.1) is 0 Å². The summed E-state index contributed by atoms with van der Waals surface area (Å²) in [4.78, 5) is 29.0. The molecule has 0 saturated carbocycles. The molecule has 7 nitrogen and oxygen atoms in total. The summed E-state index contributed by atoms with van der Waals surface area (Å²) < 4.78 is 10.9. The Morgan fingerprint density at radius 2 is 1.64 bits per heavy atom. The molecule has 0 fully saturated rings. The molecule has 5 aromatic rings. The highest BCUT2D eigenvalue weighted by atomic mass is 16.6. The summed E-state index contributed by atoms with van der Waals surface area (Å²) in [6, 6.07) is 27.9. The number of hydrogen-bond donors (Lipinski definition) is 2. The van der Waals surface area contributed by atoms with E-state index in [1.54, 1.807) is 30.3 Å². The smallest absolute Gasteiger partial charge is 0.343 e. The first kappa shape index (κ1) is 25.5. The van der Waals surface area contributed by atoms with Gasteiger partial charge in [-0.1, -0.05) is 66.2 Å². The largest absolute Gasteiger partial charge is 0.493 e. The second kappa shape index (κ2) is 11.1. The second-order valence-corrected chi connectivity index (χ2v) is 9.10. The Bertz CT molecular complexity index is 1690. The molecule has 0 atom stereocenters. The van der Waals surface area contributed by atoms with Crippen LogP contribution in [0.1, 0.15) is 37.5 Å². The Balaban J connectivity index is 1.35. The molecule has 0 aliphatic heterocycles. The first-order chi connectivity index (χ1) is 18.9. The van der Waals surface area contributed by atoms with Crippen LogP contribution in [0, 0.1) is 13.8 Å². The maximum Gasteiger partial charge on any atom is 0.343 e. The van der Waals surface area contributed by atoms with Crippen LogP contribution in [-0.4, -0.2) is 30.2 Å². The van der Waals surface area contributed by atoms with Crippen LogP contribution >= 0.6 is 0 Å². The minimum atomic E-state index is -0.482. The van der Waals surface area contributed by atoms with Gasteiger partial charge >= 0.3 is 5.97 Å². The third-order valence-corrected chi connectivity index (χ3v) is 6.39. The van der Waals surface area contributed by atoms with Gasteiger partial charge in [0, 0.05) is 16.5 Å². The zero-order valence-corrected chi connectivity index (χ0v) is 21.8. The van der Waals surface area contributed by atoms with Gasteiger partial charge in [0.05, 0.1) is 18.9 Å². The molecule has 4 aromatic carbocycles. The van der Waals surface area contributed by atoms with Crippen molar-refractivity contribution in [1.29, 1.82) is 0 Å². The van der Waals surface area contributed by atoms with Gasteiger partial charge in [-0.3, -0.25) is 4.79 Å². The quantitative estimate of drug-likeness (QED) is 0.112. The standard InChI is InChI=1S/C32H27N3O4/c1-20-12-15-24(16-13-20)32(37)39-26-17-14-22(18-27(26)38-3)19-33-35-31(36)30-28(23-9-5-4-6-10-23)25-11-7-8-21(2)29(25)34-30/h4-19,34H,1-3H3,(H,35,36). The van der Waals surface area contributed by atoms with E-state index < -0.39 is 5.97 Å². The number of rotatable bonds is 7. The number of hydrogen-bond acceptors (Lipinski definition) is 5. The molecule has 2 N–H and O–H groups in total. The molecule has 7 heteroatoms. The number of methoxy groups -OCH3 is 1. The number of benzene rings is 4.